The number of benzene rings is 2. The summed E-state index contributed by atoms with van der Waals surface area (Å²) in [6.07, 6.45) is 0.657. The van der Waals surface area contributed by atoms with Gasteiger partial charge in [0.1, 0.15) is 6.04 Å². The van der Waals surface area contributed by atoms with Gasteiger partial charge in [-0.2, -0.15) is 0 Å². The number of amides is 1. The van der Waals surface area contributed by atoms with E-state index in [2.05, 4.69) is 10.6 Å². The second-order valence-electron chi connectivity index (χ2n) is 4.64. The molecule has 3 nitrogen and oxygen atoms in total. The molecule has 5 heteroatoms. The van der Waals surface area contributed by atoms with Gasteiger partial charge in [-0.3, -0.25) is 4.79 Å². The van der Waals surface area contributed by atoms with E-state index in [0.29, 0.717) is 22.2 Å². The fourth-order valence-electron chi connectivity index (χ4n) is 2.28. The van der Waals surface area contributed by atoms with Crippen LogP contribution < -0.4 is 10.6 Å². The summed E-state index contributed by atoms with van der Waals surface area (Å²) in [6.45, 7) is 0. The molecule has 0 saturated heterocycles. The lowest BCUT2D eigenvalue weighted by atomic mass is 10.1. The third-order valence-corrected chi connectivity index (χ3v) is 3.93. The normalized spacial score (nSPS) is 16.4. The van der Waals surface area contributed by atoms with Crippen LogP contribution >= 0.6 is 23.2 Å². The van der Waals surface area contributed by atoms with Crippen LogP contribution in [0, 0.1) is 0 Å². The summed E-state index contributed by atoms with van der Waals surface area (Å²) in [5, 5.41) is 6.85. The second kappa shape index (κ2) is 5.35. The predicted molar refractivity (Wildman–Crippen MR) is 82.6 cm³/mol. The van der Waals surface area contributed by atoms with Crippen molar-refractivity contribution in [2.24, 2.45) is 0 Å². The van der Waals surface area contributed by atoms with Gasteiger partial charge in [0, 0.05) is 12.1 Å². The van der Waals surface area contributed by atoms with E-state index in [1.807, 2.05) is 24.3 Å². The molecular formula is C15H12Cl2N2O. The van der Waals surface area contributed by atoms with Crippen LogP contribution in [0.15, 0.2) is 42.5 Å². The smallest absolute Gasteiger partial charge is 0.247 e. The average molecular weight is 307 g/mol. The highest BCUT2D eigenvalue weighted by Gasteiger charge is 2.27. The Morgan fingerprint density at radius 3 is 2.50 bits per heavy atom. The number of fused-ring (bicyclic) bond motifs is 1. The van der Waals surface area contributed by atoms with Gasteiger partial charge in [0.15, 0.2) is 0 Å². The minimum absolute atomic E-state index is 0.142. The second-order valence-corrected chi connectivity index (χ2v) is 5.46. The van der Waals surface area contributed by atoms with Crippen molar-refractivity contribution in [1.82, 2.24) is 0 Å². The number of halogens is 2. The number of anilines is 2. The molecule has 0 fully saturated rings. The van der Waals surface area contributed by atoms with E-state index in [0.717, 1.165) is 11.3 Å². The van der Waals surface area contributed by atoms with Crippen molar-refractivity contribution in [2.45, 2.75) is 12.5 Å². The molecule has 2 N–H and O–H groups in total. The first kappa shape index (κ1) is 13.3. The van der Waals surface area contributed by atoms with Crippen LogP contribution in [0.5, 0.6) is 0 Å². The molecule has 2 aromatic rings. The molecule has 2 aromatic carbocycles. The molecule has 20 heavy (non-hydrogen) atoms. The van der Waals surface area contributed by atoms with E-state index in [1.165, 1.54) is 0 Å². The first-order valence-corrected chi connectivity index (χ1v) is 7.00. The van der Waals surface area contributed by atoms with Gasteiger partial charge >= 0.3 is 0 Å². The summed E-state index contributed by atoms with van der Waals surface area (Å²) in [7, 11) is 0. The number of hydrogen-bond acceptors (Lipinski definition) is 2. The zero-order valence-corrected chi connectivity index (χ0v) is 12.0. The summed E-state index contributed by atoms with van der Waals surface area (Å²) >= 11 is 12.1. The first-order valence-electron chi connectivity index (χ1n) is 6.24. The monoisotopic (exact) mass is 306 g/mol. The molecule has 1 heterocycles. The van der Waals surface area contributed by atoms with Gasteiger partial charge in [0.2, 0.25) is 5.91 Å². The highest BCUT2D eigenvalue weighted by atomic mass is 35.5. The van der Waals surface area contributed by atoms with Gasteiger partial charge < -0.3 is 10.6 Å². The van der Waals surface area contributed by atoms with Crippen LogP contribution in [0.1, 0.15) is 5.56 Å². The number of hydrogen-bond donors (Lipinski definition) is 2. The third kappa shape index (κ3) is 2.47. The van der Waals surface area contributed by atoms with Gasteiger partial charge in [0.05, 0.1) is 15.7 Å². The van der Waals surface area contributed by atoms with Crippen LogP contribution in [0.25, 0.3) is 0 Å². The number of nitrogens with one attached hydrogen (secondary N) is 2. The van der Waals surface area contributed by atoms with Gasteiger partial charge in [-0.1, -0.05) is 47.5 Å². The maximum atomic E-state index is 12.3. The standard InChI is InChI=1S/C15H12Cl2N2O/c16-10-5-3-6-11(17)14(10)19-15(20)13-8-9-4-1-2-7-12(9)18-13/h1-7,13,18H,8H2,(H,19,20)/t13-/m0/s1. The third-order valence-electron chi connectivity index (χ3n) is 3.30. The molecule has 1 aliphatic rings. The van der Waals surface area contributed by atoms with Crippen molar-refractivity contribution in [3.8, 4) is 0 Å². The Balaban J connectivity index is 1.76. The Hall–Kier alpha value is -1.71. The molecule has 1 amide bonds. The van der Waals surface area contributed by atoms with Crippen molar-refractivity contribution in [3.05, 3.63) is 58.1 Å². The zero-order valence-electron chi connectivity index (χ0n) is 10.5. The lowest BCUT2D eigenvalue weighted by molar-refractivity contribution is -0.116. The van der Waals surface area contributed by atoms with Gasteiger partial charge in [-0.15, -0.1) is 0 Å². The molecule has 102 valence electrons. The maximum absolute atomic E-state index is 12.3. The van der Waals surface area contributed by atoms with Crippen LogP contribution in [0.4, 0.5) is 11.4 Å². The van der Waals surface area contributed by atoms with Crippen molar-refractivity contribution >= 4 is 40.5 Å². The molecule has 0 aliphatic carbocycles. The van der Waals surface area contributed by atoms with Crippen molar-refractivity contribution in [3.63, 3.8) is 0 Å². The Morgan fingerprint density at radius 2 is 1.80 bits per heavy atom. The van der Waals surface area contributed by atoms with Crippen LogP contribution in [0.3, 0.4) is 0 Å². The van der Waals surface area contributed by atoms with Crippen LogP contribution in [-0.4, -0.2) is 11.9 Å². The zero-order chi connectivity index (χ0) is 14.1. The Kier molecular flexibility index (Phi) is 3.55. The summed E-state index contributed by atoms with van der Waals surface area (Å²) in [6, 6.07) is 12.7. The highest BCUT2D eigenvalue weighted by molar-refractivity contribution is 6.39. The van der Waals surface area contributed by atoms with E-state index in [1.54, 1.807) is 18.2 Å². The Morgan fingerprint density at radius 1 is 1.10 bits per heavy atom. The predicted octanol–water partition coefficient (Wildman–Crippen LogP) is 3.97. The fraction of sp³-hybridized carbons (Fsp3) is 0.133. The molecule has 0 radical (unpaired) electrons. The Bertz CT molecular complexity index is 627. The molecule has 0 bridgehead atoms. The molecule has 1 atom stereocenters. The average Bonchev–Trinajstić information content (AvgIpc) is 2.87. The quantitative estimate of drug-likeness (QED) is 0.881. The van der Waals surface area contributed by atoms with E-state index < -0.39 is 0 Å². The van der Waals surface area contributed by atoms with Gasteiger partial charge in [0.25, 0.3) is 0 Å². The fourth-order valence-corrected chi connectivity index (χ4v) is 2.78. The molecule has 0 aromatic heterocycles. The molecule has 0 spiro atoms. The number of carbonyl (C=O) groups excluding carboxylic acids is 1. The van der Waals surface area contributed by atoms with Crippen molar-refractivity contribution in [1.29, 1.82) is 0 Å². The SMILES string of the molecule is O=C(Nc1c(Cl)cccc1Cl)[C@@H]1Cc2ccccc2N1. The summed E-state index contributed by atoms with van der Waals surface area (Å²) in [5.74, 6) is -0.142. The van der Waals surface area contributed by atoms with Gasteiger partial charge in [-0.05, 0) is 23.8 Å². The van der Waals surface area contributed by atoms with Crippen molar-refractivity contribution in [2.75, 3.05) is 10.6 Å². The lowest BCUT2D eigenvalue weighted by Crippen LogP contribution is -2.32. The van der Waals surface area contributed by atoms with Crippen LogP contribution in [-0.2, 0) is 11.2 Å². The maximum Gasteiger partial charge on any atom is 0.247 e. The van der Waals surface area contributed by atoms with E-state index >= 15 is 0 Å². The van der Waals surface area contributed by atoms with Crippen molar-refractivity contribution < 1.29 is 4.79 Å². The van der Waals surface area contributed by atoms with Gasteiger partial charge in [-0.25, -0.2) is 0 Å². The summed E-state index contributed by atoms with van der Waals surface area (Å²) in [4.78, 5) is 12.3. The summed E-state index contributed by atoms with van der Waals surface area (Å²) < 4.78 is 0. The minimum Gasteiger partial charge on any atom is -0.373 e. The molecular weight excluding hydrogens is 295 g/mol. The topological polar surface area (TPSA) is 41.1 Å². The molecule has 3 rings (SSSR count). The highest BCUT2D eigenvalue weighted by Crippen LogP contribution is 2.31. The first-order chi connectivity index (χ1) is 9.65. The Labute approximate surface area is 126 Å². The number of carbonyl (C=O) groups is 1. The molecule has 0 saturated carbocycles. The van der Waals surface area contributed by atoms with E-state index in [-0.39, 0.29) is 11.9 Å². The molecule has 0 unspecified atom stereocenters. The largest absolute Gasteiger partial charge is 0.373 e. The lowest BCUT2D eigenvalue weighted by Gasteiger charge is -2.14. The minimum atomic E-state index is -0.306. The molecule has 1 aliphatic heterocycles. The summed E-state index contributed by atoms with van der Waals surface area (Å²) in [5.41, 5.74) is 2.59. The van der Waals surface area contributed by atoms with Crippen LogP contribution in [0.2, 0.25) is 10.0 Å². The number of rotatable bonds is 2. The number of para-hydroxylation sites is 2. The van der Waals surface area contributed by atoms with E-state index in [4.69, 9.17) is 23.2 Å². The van der Waals surface area contributed by atoms with E-state index in [9.17, 15) is 4.79 Å².